The molecule has 7 heteroatoms. The van der Waals surface area contributed by atoms with E-state index in [0.717, 1.165) is 18.4 Å². The smallest absolute Gasteiger partial charge is 0.320 e. The lowest BCUT2D eigenvalue weighted by molar-refractivity contribution is -0.142. The number of hydrogen-bond donors (Lipinski definition) is 1. The fourth-order valence-corrected chi connectivity index (χ4v) is 2.66. The Morgan fingerprint density at radius 2 is 2.13 bits per heavy atom. The summed E-state index contributed by atoms with van der Waals surface area (Å²) in [5.74, 6) is 0.225. The molecule has 0 bridgehead atoms. The van der Waals surface area contributed by atoms with Crippen LogP contribution in [0.15, 0.2) is 28.8 Å². The number of halogens is 1. The van der Waals surface area contributed by atoms with Gasteiger partial charge < -0.3 is 9.63 Å². The van der Waals surface area contributed by atoms with Gasteiger partial charge >= 0.3 is 5.97 Å². The summed E-state index contributed by atoms with van der Waals surface area (Å²) in [6, 6.07) is 7.08. The maximum atomic E-state index is 11.2. The van der Waals surface area contributed by atoms with Gasteiger partial charge in [0.25, 0.3) is 0 Å². The molecule has 1 aliphatic carbocycles. The van der Waals surface area contributed by atoms with Gasteiger partial charge in [-0.3, -0.25) is 9.69 Å². The summed E-state index contributed by atoms with van der Waals surface area (Å²) in [6.45, 7) is 2.31. The van der Waals surface area contributed by atoms with E-state index in [1.165, 1.54) is 0 Å². The molecule has 0 radical (unpaired) electrons. The van der Waals surface area contributed by atoms with Crippen LogP contribution in [0, 0.1) is 0 Å². The van der Waals surface area contributed by atoms with Crippen LogP contribution in [0.25, 0.3) is 11.4 Å². The molecule has 1 N–H and O–H groups in total. The molecule has 1 aromatic carbocycles. The van der Waals surface area contributed by atoms with Crippen molar-refractivity contribution in [3.05, 3.63) is 35.2 Å². The third-order valence-corrected chi connectivity index (χ3v) is 4.28. The van der Waals surface area contributed by atoms with Gasteiger partial charge in [-0.1, -0.05) is 16.8 Å². The maximum absolute atomic E-state index is 11.2. The fraction of sp³-hybridized carbons (Fsp3) is 0.438. The highest BCUT2D eigenvalue weighted by Gasteiger charge is 2.34. The van der Waals surface area contributed by atoms with Crippen LogP contribution in [0.5, 0.6) is 0 Å². The van der Waals surface area contributed by atoms with Crippen LogP contribution in [0.3, 0.4) is 0 Å². The second kappa shape index (κ2) is 6.68. The first-order valence-corrected chi connectivity index (χ1v) is 7.99. The number of aromatic nitrogens is 2. The molecule has 2 aromatic rings. The highest BCUT2D eigenvalue weighted by molar-refractivity contribution is 6.30. The van der Waals surface area contributed by atoms with Crippen LogP contribution >= 0.6 is 11.6 Å². The fourth-order valence-electron chi connectivity index (χ4n) is 2.54. The van der Waals surface area contributed by atoms with Crippen LogP contribution in [-0.2, 0) is 11.2 Å². The first kappa shape index (κ1) is 16.0. The van der Waals surface area contributed by atoms with Gasteiger partial charge in [0.15, 0.2) is 0 Å². The van der Waals surface area contributed by atoms with Crippen molar-refractivity contribution in [2.45, 2.75) is 38.3 Å². The Balaban J connectivity index is 1.64. The van der Waals surface area contributed by atoms with Crippen molar-refractivity contribution >= 4 is 17.6 Å². The van der Waals surface area contributed by atoms with E-state index in [4.69, 9.17) is 16.1 Å². The zero-order valence-electron chi connectivity index (χ0n) is 12.8. The summed E-state index contributed by atoms with van der Waals surface area (Å²) in [5.41, 5.74) is 0.836. The van der Waals surface area contributed by atoms with E-state index in [0.29, 0.717) is 35.7 Å². The van der Waals surface area contributed by atoms with Crippen molar-refractivity contribution < 1.29 is 14.4 Å². The van der Waals surface area contributed by atoms with Gasteiger partial charge in [0.1, 0.15) is 6.04 Å². The van der Waals surface area contributed by atoms with Crippen LogP contribution < -0.4 is 0 Å². The number of rotatable bonds is 7. The van der Waals surface area contributed by atoms with Crippen LogP contribution in [-0.4, -0.2) is 44.7 Å². The molecule has 3 rings (SSSR count). The molecule has 1 fully saturated rings. The van der Waals surface area contributed by atoms with E-state index in [-0.39, 0.29) is 0 Å². The minimum atomic E-state index is -0.802. The molecule has 1 atom stereocenters. The number of hydrogen-bond acceptors (Lipinski definition) is 5. The third kappa shape index (κ3) is 3.89. The average Bonchev–Trinajstić information content (AvgIpc) is 3.26. The minimum Gasteiger partial charge on any atom is -0.480 e. The van der Waals surface area contributed by atoms with Crippen molar-refractivity contribution in [2.24, 2.45) is 0 Å². The zero-order valence-corrected chi connectivity index (χ0v) is 13.5. The monoisotopic (exact) mass is 335 g/mol. The molecule has 1 saturated carbocycles. The second-order valence-corrected chi connectivity index (χ2v) is 6.19. The molecule has 6 nitrogen and oxygen atoms in total. The van der Waals surface area contributed by atoms with Crippen LogP contribution in [0.2, 0.25) is 5.02 Å². The SMILES string of the molecule is CC(C(=O)O)N(CCc1nc(-c2ccc(Cl)cc2)no1)C1CC1. The number of carboxylic acids is 1. The lowest BCUT2D eigenvalue weighted by Crippen LogP contribution is -2.41. The van der Waals surface area contributed by atoms with Crippen molar-refractivity contribution in [1.29, 1.82) is 0 Å². The van der Waals surface area contributed by atoms with Gasteiger partial charge in [0.05, 0.1) is 0 Å². The predicted octanol–water partition coefficient (Wildman–Crippen LogP) is 2.87. The molecule has 0 aliphatic heterocycles. The Labute approximate surface area is 139 Å². The number of nitrogens with zero attached hydrogens (tertiary/aromatic N) is 3. The van der Waals surface area contributed by atoms with E-state index in [1.54, 1.807) is 19.1 Å². The molecule has 0 spiro atoms. The summed E-state index contributed by atoms with van der Waals surface area (Å²) in [7, 11) is 0. The van der Waals surface area contributed by atoms with Gasteiger partial charge in [0, 0.05) is 29.6 Å². The topological polar surface area (TPSA) is 79.5 Å². The summed E-state index contributed by atoms with van der Waals surface area (Å²) in [4.78, 5) is 17.6. The molecule has 0 saturated heterocycles. The van der Waals surface area contributed by atoms with E-state index >= 15 is 0 Å². The van der Waals surface area contributed by atoms with E-state index in [1.807, 2.05) is 17.0 Å². The normalized spacial score (nSPS) is 15.8. The predicted molar refractivity (Wildman–Crippen MR) is 85.3 cm³/mol. The molecule has 122 valence electrons. The van der Waals surface area contributed by atoms with Gasteiger partial charge in [0.2, 0.25) is 11.7 Å². The standard InChI is InChI=1S/C16H18ClN3O3/c1-10(16(21)22)20(13-6-7-13)9-8-14-18-15(19-23-14)11-2-4-12(17)5-3-11/h2-5,10,13H,6-9H2,1H3,(H,21,22). The summed E-state index contributed by atoms with van der Waals surface area (Å²) < 4.78 is 5.27. The molecule has 0 amide bonds. The van der Waals surface area contributed by atoms with Crippen molar-refractivity contribution in [3.63, 3.8) is 0 Å². The Bertz CT molecular complexity index is 682. The first-order valence-electron chi connectivity index (χ1n) is 7.61. The first-order chi connectivity index (χ1) is 11.0. The van der Waals surface area contributed by atoms with E-state index in [2.05, 4.69) is 10.1 Å². The van der Waals surface area contributed by atoms with Crippen molar-refractivity contribution in [3.8, 4) is 11.4 Å². The molecule has 1 heterocycles. The molecule has 1 aliphatic rings. The molecule has 23 heavy (non-hydrogen) atoms. The van der Waals surface area contributed by atoms with Crippen molar-refractivity contribution in [2.75, 3.05) is 6.54 Å². The number of carboxylic acid groups (broad SMARTS) is 1. The summed E-state index contributed by atoms with van der Waals surface area (Å²) in [5, 5.41) is 13.8. The minimum absolute atomic E-state index is 0.361. The van der Waals surface area contributed by atoms with Gasteiger partial charge in [-0.25, -0.2) is 0 Å². The Morgan fingerprint density at radius 3 is 2.74 bits per heavy atom. The lowest BCUT2D eigenvalue weighted by Gasteiger charge is -2.25. The Hall–Kier alpha value is -1.92. The van der Waals surface area contributed by atoms with Crippen LogP contribution in [0.4, 0.5) is 0 Å². The van der Waals surface area contributed by atoms with E-state index in [9.17, 15) is 9.90 Å². The maximum Gasteiger partial charge on any atom is 0.320 e. The summed E-state index contributed by atoms with van der Waals surface area (Å²) in [6.07, 6.45) is 2.64. The number of aliphatic carboxylic acids is 1. The van der Waals surface area contributed by atoms with Crippen LogP contribution in [0.1, 0.15) is 25.7 Å². The summed E-state index contributed by atoms with van der Waals surface area (Å²) >= 11 is 5.86. The quantitative estimate of drug-likeness (QED) is 0.838. The molecular formula is C16H18ClN3O3. The second-order valence-electron chi connectivity index (χ2n) is 5.75. The highest BCUT2D eigenvalue weighted by Crippen LogP contribution is 2.29. The van der Waals surface area contributed by atoms with E-state index < -0.39 is 12.0 Å². The number of benzene rings is 1. The molecular weight excluding hydrogens is 318 g/mol. The molecule has 1 aromatic heterocycles. The number of carbonyl (C=O) groups is 1. The average molecular weight is 336 g/mol. The lowest BCUT2D eigenvalue weighted by atomic mass is 10.2. The zero-order chi connectivity index (χ0) is 16.4. The molecule has 1 unspecified atom stereocenters. The Kier molecular flexibility index (Phi) is 4.63. The largest absolute Gasteiger partial charge is 0.480 e. The van der Waals surface area contributed by atoms with Gasteiger partial charge in [-0.15, -0.1) is 0 Å². The highest BCUT2D eigenvalue weighted by atomic mass is 35.5. The van der Waals surface area contributed by atoms with Gasteiger partial charge in [-0.05, 0) is 44.0 Å². The third-order valence-electron chi connectivity index (χ3n) is 4.03. The van der Waals surface area contributed by atoms with Gasteiger partial charge in [-0.2, -0.15) is 4.98 Å². The Morgan fingerprint density at radius 1 is 1.43 bits per heavy atom. The van der Waals surface area contributed by atoms with Crippen molar-refractivity contribution in [1.82, 2.24) is 15.0 Å².